The monoisotopic (exact) mass is 470 g/mol. The van der Waals surface area contributed by atoms with Crippen molar-refractivity contribution in [2.24, 2.45) is 0 Å². The molecule has 0 atom stereocenters. The molecule has 34 heavy (non-hydrogen) atoms. The number of anilines is 1. The van der Waals surface area contributed by atoms with Crippen LogP contribution in [0.4, 0.5) is 5.69 Å². The van der Waals surface area contributed by atoms with E-state index in [4.69, 9.17) is 14.5 Å². The summed E-state index contributed by atoms with van der Waals surface area (Å²) < 4.78 is 10.6. The van der Waals surface area contributed by atoms with E-state index in [9.17, 15) is 9.59 Å². The van der Waals surface area contributed by atoms with Crippen LogP contribution in [0.15, 0.2) is 66.0 Å². The molecule has 0 saturated carbocycles. The number of rotatable bonds is 6. The molecule has 2 aromatic carbocycles. The molecule has 0 bridgehead atoms. The number of methoxy groups -OCH3 is 1. The molecule has 0 radical (unpaired) electrons. The number of thiophene rings is 1. The second-order valence-corrected chi connectivity index (χ2v) is 8.85. The topological polar surface area (TPSA) is 77.5 Å². The van der Waals surface area contributed by atoms with Crippen LogP contribution < -0.4 is 10.1 Å². The molecule has 1 aliphatic carbocycles. The van der Waals surface area contributed by atoms with Gasteiger partial charge in [0.1, 0.15) is 5.75 Å². The van der Waals surface area contributed by atoms with E-state index in [1.54, 1.807) is 42.7 Å². The number of benzene rings is 2. The summed E-state index contributed by atoms with van der Waals surface area (Å²) in [5.74, 6) is -0.317. The van der Waals surface area contributed by atoms with E-state index in [1.807, 2.05) is 35.7 Å². The van der Waals surface area contributed by atoms with E-state index >= 15 is 0 Å². The summed E-state index contributed by atoms with van der Waals surface area (Å²) in [5, 5.41) is 5.50. The van der Waals surface area contributed by atoms with Crippen LogP contribution in [0.1, 0.15) is 32.9 Å². The van der Waals surface area contributed by atoms with E-state index in [1.165, 1.54) is 0 Å². The van der Waals surface area contributed by atoms with Crippen LogP contribution in [0.5, 0.6) is 5.75 Å². The Kier molecular flexibility index (Phi) is 6.10. The Morgan fingerprint density at radius 1 is 1.09 bits per heavy atom. The van der Waals surface area contributed by atoms with Crippen molar-refractivity contribution in [2.45, 2.75) is 12.8 Å². The van der Waals surface area contributed by atoms with E-state index in [0.717, 1.165) is 39.0 Å². The van der Waals surface area contributed by atoms with Gasteiger partial charge in [0.25, 0.3) is 5.91 Å². The number of fused-ring (bicyclic) bond motifs is 2. The average Bonchev–Trinajstić information content (AvgIpc) is 3.51. The highest BCUT2D eigenvalue weighted by atomic mass is 32.1. The second kappa shape index (κ2) is 9.49. The quantitative estimate of drug-likeness (QED) is 0.372. The van der Waals surface area contributed by atoms with Crippen molar-refractivity contribution in [1.29, 1.82) is 0 Å². The number of hydrogen-bond donors (Lipinski definition) is 1. The molecule has 0 aliphatic heterocycles. The number of carbonyl (C=O) groups excluding carboxylic acids is 2. The molecule has 170 valence electrons. The van der Waals surface area contributed by atoms with Crippen LogP contribution in [0.2, 0.25) is 0 Å². The average molecular weight is 471 g/mol. The van der Waals surface area contributed by atoms with Gasteiger partial charge in [-0.1, -0.05) is 30.3 Å². The fourth-order valence-corrected chi connectivity index (χ4v) is 4.84. The van der Waals surface area contributed by atoms with Crippen molar-refractivity contribution in [1.82, 2.24) is 4.98 Å². The number of ether oxygens (including phenoxy) is 2. The maximum atomic E-state index is 13.2. The van der Waals surface area contributed by atoms with Gasteiger partial charge < -0.3 is 14.8 Å². The molecule has 6 nitrogen and oxygen atoms in total. The lowest BCUT2D eigenvalue weighted by molar-refractivity contribution is -0.119. The number of nitrogens with zero attached hydrogens (tertiary/aromatic N) is 1. The van der Waals surface area contributed by atoms with Gasteiger partial charge in [-0.05, 0) is 59.7 Å². The second-order valence-electron chi connectivity index (χ2n) is 7.87. The summed E-state index contributed by atoms with van der Waals surface area (Å²) in [6.45, 7) is -0.390. The molecule has 7 heteroatoms. The molecular formula is C27H22N2O4S. The third-order valence-corrected chi connectivity index (χ3v) is 6.51. The normalized spacial score (nSPS) is 13.6. The van der Waals surface area contributed by atoms with Gasteiger partial charge in [-0.2, -0.15) is 0 Å². The lowest BCUT2D eigenvalue weighted by Crippen LogP contribution is -2.21. The highest BCUT2D eigenvalue weighted by molar-refractivity contribution is 7.10. The Morgan fingerprint density at radius 2 is 1.97 bits per heavy atom. The fourth-order valence-electron chi connectivity index (χ4n) is 4.16. The summed E-state index contributed by atoms with van der Waals surface area (Å²) in [7, 11) is 1.56. The standard InChI is InChI=1S/C27H22N2O4S/c1-32-19-7-4-6-18(15-19)28-24(30)16-33-27(31)25-21-9-2-3-10-23(21)29-26-17(11-12-22(25)26)14-20-8-5-13-34-20/h2-10,13-15H,11-12,16H2,1H3,(H,28,30)/b17-14+. The molecule has 1 N–H and O–H groups in total. The summed E-state index contributed by atoms with van der Waals surface area (Å²) in [6, 6.07) is 18.6. The highest BCUT2D eigenvalue weighted by Crippen LogP contribution is 2.38. The number of nitrogens with one attached hydrogen (secondary N) is 1. The molecule has 5 rings (SSSR count). The van der Waals surface area contributed by atoms with Gasteiger partial charge in [-0.3, -0.25) is 4.79 Å². The van der Waals surface area contributed by atoms with Gasteiger partial charge >= 0.3 is 5.97 Å². The number of carbonyl (C=O) groups is 2. The Bertz CT molecular complexity index is 1410. The minimum Gasteiger partial charge on any atom is -0.497 e. The number of aromatic nitrogens is 1. The first-order valence-electron chi connectivity index (χ1n) is 10.9. The summed E-state index contributed by atoms with van der Waals surface area (Å²) in [5.41, 5.74) is 4.60. The van der Waals surface area contributed by atoms with E-state index in [2.05, 4.69) is 17.5 Å². The Hall–Kier alpha value is -3.97. The smallest absolute Gasteiger partial charge is 0.339 e. The zero-order chi connectivity index (χ0) is 23.5. The number of hydrogen-bond acceptors (Lipinski definition) is 6. The van der Waals surface area contributed by atoms with Crippen LogP contribution >= 0.6 is 11.3 Å². The van der Waals surface area contributed by atoms with Gasteiger partial charge in [0, 0.05) is 22.0 Å². The molecule has 4 aromatic rings. The molecule has 0 saturated heterocycles. The van der Waals surface area contributed by atoms with E-state index < -0.39 is 11.9 Å². The number of amides is 1. The zero-order valence-corrected chi connectivity index (χ0v) is 19.4. The summed E-state index contributed by atoms with van der Waals surface area (Å²) in [6.07, 6.45) is 3.63. The number of para-hydroxylation sites is 1. The predicted molar refractivity (Wildman–Crippen MR) is 134 cm³/mol. The van der Waals surface area contributed by atoms with Gasteiger partial charge in [-0.25, -0.2) is 9.78 Å². The van der Waals surface area contributed by atoms with Gasteiger partial charge in [0.2, 0.25) is 0 Å². The number of pyridine rings is 1. The number of allylic oxidation sites excluding steroid dienone is 1. The lowest BCUT2D eigenvalue weighted by Gasteiger charge is -2.12. The number of esters is 1. The predicted octanol–water partition coefficient (Wildman–Crippen LogP) is 5.59. The molecule has 2 aromatic heterocycles. The molecule has 1 amide bonds. The van der Waals surface area contributed by atoms with Crippen molar-refractivity contribution in [2.75, 3.05) is 19.0 Å². The van der Waals surface area contributed by atoms with Crippen molar-refractivity contribution in [3.63, 3.8) is 0 Å². The van der Waals surface area contributed by atoms with Crippen LogP contribution in [-0.2, 0) is 16.0 Å². The van der Waals surface area contributed by atoms with Crippen LogP contribution in [-0.4, -0.2) is 30.6 Å². The SMILES string of the molecule is COc1cccc(NC(=O)COC(=O)c2c3c(nc4ccccc24)/C(=C/c2cccs2)CC3)c1. The first-order valence-corrected chi connectivity index (χ1v) is 11.8. The van der Waals surface area contributed by atoms with Crippen molar-refractivity contribution < 1.29 is 19.1 Å². The minimum absolute atomic E-state index is 0.390. The van der Waals surface area contributed by atoms with Crippen molar-refractivity contribution in [3.05, 3.63) is 87.7 Å². The Balaban J connectivity index is 1.40. The maximum absolute atomic E-state index is 13.2. The fraction of sp³-hybridized carbons (Fsp3) is 0.148. The molecule has 2 heterocycles. The van der Waals surface area contributed by atoms with E-state index in [0.29, 0.717) is 23.4 Å². The molecule has 1 aliphatic rings. The largest absolute Gasteiger partial charge is 0.497 e. The molecule has 0 spiro atoms. The van der Waals surface area contributed by atoms with Gasteiger partial charge in [0.15, 0.2) is 6.61 Å². The van der Waals surface area contributed by atoms with Crippen LogP contribution in [0, 0.1) is 0 Å². The first-order chi connectivity index (χ1) is 16.6. The van der Waals surface area contributed by atoms with Gasteiger partial charge in [0.05, 0.1) is 23.9 Å². The third-order valence-electron chi connectivity index (χ3n) is 5.69. The molecular weight excluding hydrogens is 448 g/mol. The third kappa shape index (κ3) is 4.43. The maximum Gasteiger partial charge on any atom is 0.339 e. The minimum atomic E-state index is -0.520. The summed E-state index contributed by atoms with van der Waals surface area (Å²) in [4.78, 5) is 31.7. The van der Waals surface area contributed by atoms with Gasteiger partial charge in [-0.15, -0.1) is 11.3 Å². The van der Waals surface area contributed by atoms with Crippen LogP contribution in [0.25, 0.3) is 22.6 Å². The molecule has 0 fully saturated rings. The lowest BCUT2D eigenvalue weighted by atomic mass is 10.0. The Labute approximate surface area is 200 Å². The summed E-state index contributed by atoms with van der Waals surface area (Å²) >= 11 is 1.66. The zero-order valence-electron chi connectivity index (χ0n) is 18.5. The van der Waals surface area contributed by atoms with Crippen molar-refractivity contribution in [3.8, 4) is 5.75 Å². The van der Waals surface area contributed by atoms with E-state index in [-0.39, 0.29) is 6.61 Å². The molecule has 0 unspecified atom stereocenters. The van der Waals surface area contributed by atoms with Crippen molar-refractivity contribution >= 4 is 51.5 Å². The Morgan fingerprint density at radius 3 is 2.79 bits per heavy atom. The van der Waals surface area contributed by atoms with Crippen LogP contribution in [0.3, 0.4) is 0 Å². The highest BCUT2D eigenvalue weighted by Gasteiger charge is 2.28. The first kappa shape index (κ1) is 21.9.